The Bertz CT molecular complexity index is 624. The van der Waals surface area contributed by atoms with Gasteiger partial charge in [-0.1, -0.05) is 29.3 Å². The number of nitrogen functional groups attached to an aromatic ring is 1. The Morgan fingerprint density at radius 3 is 2.35 bits per heavy atom. The van der Waals surface area contributed by atoms with Crippen molar-refractivity contribution >= 4 is 34.7 Å². The Kier molecular flexibility index (Phi) is 4.53. The molecule has 2 rings (SSSR count). The summed E-state index contributed by atoms with van der Waals surface area (Å²) in [4.78, 5) is 2.07. The SMILES string of the molecule is CN(Cc1ccc(Cl)cc1Cl)c1ccc(C(=N)N)cc1. The summed E-state index contributed by atoms with van der Waals surface area (Å²) in [5.41, 5.74) is 8.19. The van der Waals surface area contributed by atoms with Gasteiger partial charge in [-0.05, 0) is 42.0 Å². The number of nitrogens with two attached hydrogens (primary N) is 1. The third kappa shape index (κ3) is 3.44. The van der Waals surface area contributed by atoms with E-state index in [0.29, 0.717) is 22.2 Å². The van der Waals surface area contributed by atoms with Gasteiger partial charge in [0.1, 0.15) is 5.84 Å². The second kappa shape index (κ2) is 6.16. The highest BCUT2D eigenvalue weighted by atomic mass is 35.5. The number of nitrogens with zero attached hydrogens (tertiary/aromatic N) is 1. The van der Waals surface area contributed by atoms with E-state index in [1.54, 1.807) is 6.07 Å². The molecule has 0 aliphatic rings. The average Bonchev–Trinajstić information content (AvgIpc) is 2.42. The number of hydrogen-bond donors (Lipinski definition) is 2. The molecule has 0 unspecified atom stereocenters. The van der Waals surface area contributed by atoms with Crippen LogP contribution in [0.25, 0.3) is 0 Å². The monoisotopic (exact) mass is 307 g/mol. The molecular formula is C15H15Cl2N3. The zero-order valence-electron chi connectivity index (χ0n) is 11.0. The Balaban J connectivity index is 2.15. The van der Waals surface area contributed by atoms with Crippen LogP contribution >= 0.6 is 23.2 Å². The topological polar surface area (TPSA) is 53.1 Å². The van der Waals surface area contributed by atoms with E-state index in [1.165, 1.54) is 0 Å². The number of hydrogen-bond acceptors (Lipinski definition) is 2. The van der Waals surface area contributed by atoms with Gasteiger partial charge in [0.15, 0.2) is 0 Å². The lowest BCUT2D eigenvalue weighted by molar-refractivity contribution is 0.923. The number of halogens is 2. The van der Waals surface area contributed by atoms with Crippen molar-refractivity contribution in [1.82, 2.24) is 0 Å². The fourth-order valence-corrected chi connectivity index (χ4v) is 2.36. The zero-order valence-corrected chi connectivity index (χ0v) is 12.5. The van der Waals surface area contributed by atoms with E-state index in [1.807, 2.05) is 43.4 Å². The van der Waals surface area contributed by atoms with E-state index < -0.39 is 0 Å². The van der Waals surface area contributed by atoms with Crippen molar-refractivity contribution in [1.29, 1.82) is 5.41 Å². The second-order valence-corrected chi connectivity index (χ2v) is 5.40. The van der Waals surface area contributed by atoms with Gasteiger partial charge in [-0.25, -0.2) is 0 Å². The van der Waals surface area contributed by atoms with E-state index in [4.69, 9.17) is 34.3 Å². The molecule has 3 nitrogen and oxygen atoms in total. The summed E-state index contributed by atoms with van der Waals surface area (Å²) in [5, 5.41) is 8.66. The first-order valence-electron chi connectivity index (χ1n) is 6.07. The molecule has 0 aliphatic carbocycles. The molecule has 0 saturated carbocycles. The van der Waals surface area contributed by atoms with Crippen LogP contribution in [-0.4, -0.2) is 12.9 Å². The molecular weight excluding hydrogens is 293 g/mol. The Morgan fingerprint density at radius 1 is 1.15 bits per heavy atom. The molecule has 0 atom stereocenters. The minimum absolute atomic E-state index is 0.0694. The summed E-state index contributed by atoms with van der Waals surface area (Å²) in [6.07, 6.45) is 0. The standard InChI is InChI=1S/C15H15Cl2N3/c1-20(9-11-2-5-12(16)8-14(11)17)13-6-3-10(4-7-13)15(18)19/h2-8H,9H2,1H3,(H3,18,19). The molecule has 3 N–H and O–H groups in total. The molecule has 2 aromatic rings. The van der Waals surface area contributed by atoms with Gasteiger partial charge in [-0.3, -0.25) is 5.41 Å². The summed E-state index contributed by atoms with van der Waals surface area (Å²) in [6.45, 7) is 0.676. The highest BCUT2D eigenvalue weighted by Gasteiger charge is 2.06. The molecule has 0 bridgehead atoms. The molecule has 0 fully saturated rings. The molecule has 2 aromatic carbocycles. The van der Waals surface area contributed by atoms with E-state index in [0.717, 1.165) is 11.3 Å². The Labute approximate surface area is 128 Å². The molecule has 0 amide bonds. The van der Waals surface area contributed by atoms with Crippen LogP contribution in [0.2, 0.25) is 10.0 Å². The summed E-state index contributed by atoms with van der Waals surface area (Å²) < 4.78 is 0. The minimum atomic E-state index is 0.0694. The lowest BCUT2D eigenvalue weighted by Crippen LogP contribution is -2.17. The first-order chi connectivity index (χ1) is 9.47. The highest BCUT2D eigenvalue weighted by molar-refractivity contribution is 6.35. The van der Waals surface area contributed by atoms with Crippen LogP contribution < -0.4 is 10.6 Å². The number of benzene rings is 2. The number of anilines is 1. The summed E-state index contributed by atoms with van der Waals surface area (Å²) in [5.74, 6) is 0.0694. The van der Waals surface area contributed by atoms with Crippen molar-refractivity contribution in [3.05, 3.63) is 63.6 Å². The molecule has 104 valence electrons. The van der Waals surface area contributed by atoms with Crippen molar-refractivity contribution in [2.24, 2.45) is 5.73 Å². The van der Waals surface area contributed by atoms with E-state index in [-0.39, 0.29) is 5.84 Å². The first kappa shape index (κ1) is 14.7. The van der Waals surface area contributed by atoms with Crippen LogP contribution in [0.1, 0.15) is 11.1 Å². The minimum Gasteiger partial charge on any atom is -0.384 e. The molecule has 0 aromatic heterocycles. The lowest BCUT2D eigenvalue weighted by atomic mass is 10.1. The van der Waals surface area contributed by atoms with Gasteiger partial charge >= 0.3 is 0 Å². The first-order valence-corrected chi connectivity index (χ1v) is 6.82. The quantitative estimate of drug-likeness (QED) is 0.664. The summed E-state index contributed by atoms with van der Waals surface area (Å²) in [7, 11) is 1.98. The maximum absolute atomic E-state index is 7.38. The van der Waals surface area contributed by atoms with Crippen molar-refractivity contribution < 1.29 is 0 Å². The molecule has 20 heavy (non-hydrogen) atoms. The predicted octanol–water partition coefficient (Wildman–Crippen LogP) is 3.91. The zero-order chi connectivity index (χ0) is 14.7. The maximum Gasteiger partial charge on any atom is 0.122 e. The summed E-state index contributed by atoms with van der Waals surface area (Å²) >= 11 is 12.1. The fraction of sp³-hybridized carbons (Fsp3) is 0.133. The van der Waals surface area contributed by atoms with Gasteiger partial charge in [0.25, 0.3) is 0 Å². The Morgan fingerprint density at radius 2 is 1.80 bits per heavy atom. The molecule has 0 saturated heterocycles. The number of rotatable bonds is 4. The fourth-order valence-electron chi connectivity index (χ4n) is 1.89. The van der Waals surface area contributed by atoms with Crippen molar-refractivity contribution in [2.45, 2.75) is 6.54 Å². The molecule has 0 spiro atoms. The van der Waals surface area contributed by atoms with Crippen LogP contribution in [0, 0.1) is 5.41 Å². The van der Waals surface area contributed by atoms with Crippen LogP contribution in [0.4, 0.5) is 5.69 Å². The summed E-state index contributed by atoms with van der Waals surface area (Å²) in [6, 6.07) is 13.0. The van der Waals surface area contributed by atoms with E-state index in [9.17, 15) is 0 Å². The molecule has 0 aliphatic heterocycles. The molecule has 5 heteroatoms. The van der Waals surface area contributed by atoms with Crippen molar-refractivity contribution in [2.75, 3.05) is 11.9 Å². The second-order valence-electron chi connectivity index (χ2n) is 4.55. The van der Waals surface area contributed by atoms with Crippen molar-refractivity contribution in [3.63, 3.8) is 0 Å². The van der Waals surface area contributed by atoms with Gasteiger partial charge < -0.3 is 10.6 Å². The predicted molar refractivity (Wildman–Crippen MR) is 86.0 cm³/mol. The van der Waals surface area contributed by atoms with Crippen LogP contribution in [0.5, 0.6) is 0 Å². The number of amidine groups is 1. The van der Waals surface area contributed by atoms with Gasteiger partial charge in [-0.2, -0.15) is 0 Å². The highest BCUT2D eigenvalue weighted by Crippen LogP contribution is 2.24. The van der Waals surface area contributed by atoms with Crippen molar-refractivity contribution in [3.8, 4) is 0 Å². The normalized spacial score (nSPS) is 10.3. The van der Waals surface area contributed by atoms with Gasteiger partial charge in [-0.15, -0.1) is 0 Å². The van der Waals surface area contributed by atoms with Crippen LogP contribution in [-0.2, 0) is 6.54 Å². The lowest BCUT2D eigenvalue weighted by Gasteiger charge is -2.20. The van der Waals surface area contributed by atoms with Crippen LogP contribution in [0.15, 0.2) is 42.5 Å². The number of nitrogens with one attached hydrogen (secondary N) is 1. The molecule has 0 radical (unpaired) electrons. The molecule has 0 heterocycles. The van der Waals surface area contributed by atoms with Gasteiger partial charge in [0, 0.05) is 34.9 Å². The largest absolute Gasteiger partial charge is 0.384 e. The van der Waals surface area contributed by atoms with E-state index in [2.05, 4.69) is 4.90 Å². The van der Waals surface area contributed by atoms with Crippen LogP contribution in [0.3, 0.4) is 0 Å². The average molecular weight is 308 g/mol. The third-order valence-electron chi connectivity index (χ3n) is 3.04. The van der Waals surface area contributed by atoms with Gasteiger partial charge in [0.2, 0.25) is 0 Å². The maximum atomic E-state index is 7.38. The smallest absolute Gasteiger partial charge is 0.122 e. The van der Waals surface area contributed by atoms with E-state index >= 15 is 0 Å². The van der Waals surface area contributed by atoms with Gasteiger partial charge in [0.05, 0.1) is 0 Å². The Hall–Kier alpha value is -1.71. The third-order valence-corrected chi connectivity index (χ3v) is 3.63.